The van der Waals surface area contributed by atoms with Crippen LogP contribution in [0.5, 0.6) is 0 Å². The van der Waals surface area contributed by atoms with E-state index in [-0.39, 0.29) is 18.0 Å². The average Bonchev–Trinajstić information content (AvgIpc) is 2.29. The highest BCUT2D eigenvalue weighted by molar-refractivity contribution is 14.1. The average molecular weight is 337 g/mol. The van der Waals surface area contributed by atoms with Crippen LogP contribution in [0.3, 0.4) is 0 Å². The third kappa shape index (κ3) is 4.05. The summed E-state index contributed by atoms with van der Waals surface area (Å²) in [5.41, 5.74) is 0.428. The molecule has 0 fully saturated rings. The zero-order valence-corrected chi connectivity index (χ0v) is 11.0. The Kier molecular flexibility index (Phi) is 5.68. The van der Waals surface area contributed by atoms with Crippen molar-refractivity contribution in [2.75, 3.05) is 11.5 Å². The predicted octanol–water partition coefficient (Wildman–Crippen LogP) is 2.35. The summed E-state index contributed by atoms with van der Waals surface area (Å²) in [5, 5.41) is 2.71. The number of halogens is 2. The molecule has 1 rings (SSSR count). The molecular formula is C11H13FINO2. The van der Waals surface area contributed by atoms with E-state index in [1.54, 1.807) is 7.11 Å². The molecule has 1 unspecified atom stereocenters. The van der Waals surface area contributed by atoms with E-state index < -0.39 is 0 Å². The number of nitrogens with one attached hydrogen (secondary N) is 1. The minimum absolute atomic E-state index is 0.253. The molecule has 0 saturated carbocycles. The molecule has 0 bridgehead atoms. The van der Waals surface area contributed by atoms with Crippen LogP contribution in [0.2, 0.25) is 0 Å². The summed E-state index contributed by atoms with van der Waals surface area (Å²) in [6.07, 6.45) is 0.443. The Balaban J connectivity index is 2.60. The number of hydrogen-bond donors (Lipinski definition) is 1. The molecule has 0 saturated heterocycles. The molecule has 1 aromatic rings. The van der Waals surface area contributed by atoms with Gasteiger partial charge in [0, 0.05) is 23.5 Å². The summed E-state index contributed by atoms with van der Waals surface area (Å²) in [4.78, 5) is 11.7. The lowest BCUT2D eigenvalue weighted by Gasteiger charge is -2.15. The lowest BCUT2D eigenvalue weighted by atomic mass is 10.2. The van der Waals surface area contributed by atoms with E-state index in [9.17, 15) is 9.18 Å². The first-order valence-corrected chi connectivity index (χ1v) is 6.35. The molecule has 16 heavy (non-hydrogen) atoms. The number of rotatable bonds is 5. The van der Waals surface area contributed by atoms with Crippen molar-refractivity contribution < 1.29 is 13.9 Å². The van der Waals surface area contributed by atoms with E-state index in [2.05, 4.69) is 27.9 Å². The summed E-state index contributed by atoms with van der Waals surface area (Å²) >= 11 is 2.21. The molecule has 0 radical (unpaired) electrons. The normalized spacial score (nSPS) is 12.2. The lowest BCUT2D eigenvalue weighted by molar-refractivity contribution is 0.0571. The van der Waals surface area contributed by atoms with Gasteiger partial charge in [0.15, 0.2) is 0 Å². The van der Waals surface area contributed by atoms with Crippen molar-refractivity contribution >= 4 is 28.5 Å². The van der Waals surface area contributed by atoms with Gasteiger partial charge in [0.25, 0.3) is 5.91 Å². The largest absolute Gasteiger partial charge is 0.362 e. The lowest BCUT2D eigenvalue weighted by Crippen LogP contribution is -2.36. The fraction of sp³-hybridized carbons (Fsp3) is 0.364. The van der Waals surface area contributed by atoms with Gasteiger partial charge in [-0.25, -0.2) is 4.39 Å². The maximum Gasteiger partial charge on any atom is 0.253 e. The number of amides is 1. The molecule has 1 aromatic carbocycles. The predicted molar refractivity (Wildman–Crippen MR) is 68.2 cm³/mol. The molecule has 88 valence electrons. The zero-order chi connectivity index (χ0) is 12.0. The van der Waals surface area contributed by atoms with Crippen molar-refractivity contribution in [1.82, 2.24) is 5.32 Å². The second kappa shape index (κ2) is 6.80. The van der Waals surface area contributed by atoms with E-state index in [1.807, 2.05) is 0 Å². The van der Waals surface area contributed by atoms with Gasteiger partial charge in [0.2, 0.25) is 0 Å². The molecule has 0 aliphatic carbocycles. The zero-order valence-electron chi connectivity index (χ0n) is 8.87. The summed E-state index contributed by atoms with van der Waals surface area (Å²) in [6, 6.07) is 5.41. The summed E-state index contributed by atoms with van der Waals surface area (Å²) in [7, 11) is 1.54. The van der Waals surface area contributed by atoms with Gasteiger partial charge in [-0.15, -0.1) is 0 Å². The van der Waals surface area contributed by atoms with Crippen molar-refractivity contribution in [3.63, 3.8) is 0 Å². The first kappa shape index (κ1) is 13.4. The third-order valence-electron chi connectivity index (χ3n) is 2.05. The molecule has 0 aliphatic rings. The Labute approximate surface area is 108 Å². The molecule has 1 atom stereocenters. The first-order valence-electron chi connectivity index (χ1n) is 4.82. The first-order chi connectivity index (χ1) is 7.67. The molecule has 1 N–H and O–H groups in total. The fourth-order valence-electron chi connectivity index (χ4n) is 1.18. The second-order valence-electron chi connectivity index (χ2n) is 3.18. The Morgan fingerprint density at radius 3 is 2.62 bits per heavy atom. The van der Waals surface area contributed by atoms with Crippen molar-refractivity contribution in [2.45, 2.75) is 12.6 Å². The molecule has 0 aliphatic heterocycles. The Hall–Kier alpha value is -0.690. The van der Waals surface area contributed by atoms with Gasteiger partial charge in [0.05, 0.1) is 0 Å². The summed E-state index contributed by atoms with van der Waals surface area (Å²) in [6.45, 7) is 0. The van der Waals surface area contributed by atoms with Crippen LogP contribution >= 0.6 is 22.6 Å². The summed E-state index contributed by atoms with van der Waals surface area (Å²) in [5.74, 6) is -0.608. The standard InChI is InChI=1S/C11H13FINO2/c1-16-10(6-7-13)14-11(15)8-2-4-9(12)5-3-8/h2-5,10H,6-7H2,1H3,(H,14,15). The summed E-state index contributed by atoms with van der Waals surface area (Å²) < 4.78 is 18.6. The van der Waals surface area contributed by atoms with E-state index >= 15 is 0 Å². The molecule has 3 nitrogen and oxygen atoms in total. The second-order valence-corrected chi connectivity index (χ2v) is 4.26. The van der Waals surface area contributed by atoms with Gasteiger partial charge in [-0.05, 0) is 24.3 Å². The topological polar surface area (TPSA) is 38.3 Å². The minimum atomic E-state index is -0.355. The van der Waals surface area contributed by atoms with E-state index in [0.717, 1.165) is 10.8 Å². The van der Waals surface area contributed by atoms with Crippen molar-refractivity contribution in [3.8, 4) is 0 Å². The van der Waals surface area contributed by atoms with Gasteiger partial charge in [-0.2, -0.15) is 0 Å². The number of benzene rings is 1. The van der Waals surface area contributed by atoms with Crippen LogP contribution in [0.4, 0.5) is 4.39 Å². The van der Waals surface area contributed by atoms with Crippen molar-refractivity contribution in [2.24, 2.45) is 0 Å². The number of alkyl halides is 1. The molecular weight excluding hydrogens is 324 g/mol. The maximum atomic E-state index is 12.6. The number of carbonyl (C=O) groups excluding carboxylic acids is 1. The van der Waals surface area contributed by atoms with Gasteiger partial charge in [0.1, 0.15) is 12.0 Å². The van der Waals surface area contributed by atoms with Crippen molar-refractivity contribution in [1.29, 1.82) is 0 Å². The van der Waals surface area contributed by atoms with Gasteiger partial charge >= 0.3 is 0 Å². The monoisotopic (exact) mass is 337 g/mol. The Morgan fingerprint density at radius 1 is 1.50 bits per heavy atom. The van der Waals surface area contributed by atoms with Crippen LogP contribution in [0.15, 0.2) is 24.3 Å². The number of carbonyl (C=O) groups is 1. The van der Waals surface area contributed by atoms with E-state index in [1.165, 1.54) is 24.3 Å². The van der Waals surface area contributed by atoms with E-state index in [4.69, 9.17) is 4.74 Å². The maximum absolute atomic E-state index is 12.6. The molecule has 1 amide bonds. The van der Waals surface area contributed by atoms with Crippen LogP contribution in [0.25, 0.3) is 0 Å². The Bertz CT molecular complexity index is 342. The molecule has 0 spiro atoms. The van der Waals surface area contributed by atoms with Gasteiger partial charge < -0.3 is 10.1 Å². The van der Waals surface area contributed by atoms with Gasteiger partial charge in [-0.3, -0.25) is 4.79 Å². The van der Waals surface area contributed by atoms with Crippen LogP contribution in [0, 0.1) is 5.82 Å². The third-order valence-corrected chi connectivity index (χ3v) is 2.68. The number of ether oxygens (including phenoxy) is 1. The molecule has 0 heterocycles. The SMILES string of the molecule is COC(CCI)NC(=O)c1ccc(F)cc1. The highest BCUT2D eigenvalue weighted by Crippen LogP contribution is 2.04. The fourth-order valence-corrected chi connectivity index (χ4v) is 1.74. The highest BCUT2D eigenvalue weighted by atomic mass is 127. The molecule has 5 heteroatoms. The van der Waals surface area contributed by atoms with Crippen LogP contribution in [-0.2, 0) is 4.74 Å². The van der Waals surface area contributed by atoms with E-state index in [0.29, 0.717) is 5.56 Å². The highest BCUT2D eigenvalue weighted by Gasteiger charge is 2.11. The quantitative estimate of drug-likeness (QED) is 0.509. The number of methoxy groups -OCH3 is 1. The number of hydrogen-bond acceptors (Lipinski definition) is 2. The smallest absolute Gasteiger partial charge is 0.253 e. The van der Waals surface area contributed by atoms with Crippen LogP contribution in [0.1, 0.15) is 16.8 Å². The molecule has 0 aromatic heterocycles. The van der Waals surface area contributed by atoms with Crippen LogP contribution in [-0.4, -0.2) is 23.7 Å². The Morgan fingerprint density at radius 2 is 2.12 bits per heavy atom. The minimum Gasteiger partial charge on any atom is -0.362 e. The van der Waals surface area contributed by atoms with Crippen molar-refractivity contribution in [3.05, 3.63) is 35.6 Å². The van der Waals surface area contributed by atoms with Gasteiger partial charge in [-0.1, -0.05) is 22.6 Å². The van der Waals surface area contributed by atoms with Crippen LogP contribution < -0.4 is 5.32 Å².